The Kier molecular flexibility index (Phi) is 4.28. The molecule has 2 rings (SSSR count). The van der Waals surface area contributed by atoms with Gasteiger partial charge in [-0.3, -0.25) is 0 Å². The van der Waals surface area contributed by atoms with Crippen LogP contribution >= 0.6 is 11.8 Å². The van der Waals surface area contributed by atoms with E-state index in [-0.39, 0.29) is 6.04 Å². The van der Waals surface area contributed by atoms with Crippen LogP contribution in [0.2, 0.25) is 0 Å². The molecule has 0 aliphatic rings. The lowest BCUT2D eigenvalue weighted by Gasteiger charge is -2.12. The zero-order valence-corrected chi connectivity index (χ0v) is 11.4. The molecule has 0 aromatic heterocycles. The van der Waals surface area contributed by atoms with Gasteiger partial charge in [-0.15, -0.1) is 0 Å². The molecular formula is C15H17NOS. The molecule has 0 amide bonds. The second kappa shape index (κ2) is 5.94. The summed E-state index contributed by atoms with van der Waals surface area (Å²) in [6.07, 6.45) is 0. The molecule has 0 aliphatic heterocycles. The Morgan fingerprint density at radius 2 is 1.89 bits per heavy atom. The van der Waals surface area contributed by atoms with Gasteiger partial charge >= 0.3 is 0 Å². The fraction of sp³-hybridized carbons (Fsp3) is 0.200. The number of hydrogen-bond donors (Lipinski definition) is 1. The van der Waals surface area contributed by atoms with Gasteiger partial charge in [0.2, 0.25) is 0 Å². The molecule has 18 heavy (non-hydrogen) atoms. The Labute approximate surface area is 112 Å². The van der Waals surface area contributed by atoms with E-state index in [1.165, 1.54) is 10.5 Å². The largest absolute Gasteiger partial charge is 0.497 e. The van der Waals surface area contributed by atoms with Gasteiger partial charge in [0.05, 0.1) is 7.11 Å². The number of rotatable bonds is 4. The van der Waals surface area contributed by atoms with Crippen LogP contribution in [0.5, 0.6) is 5.75 Å². The van der Waals surface area contributed by atoms with Crippen molar-refractivity contribution in [2.24, 2.45) is 5.73 Å². The summed E-state index contributed by atoms with van der Waals surface area (Å²) in [6.45, 7) is 2.00. The Hall–Kier alpha value is -1.45. The van der Waals surface area contributed by atoms with Crippen molar-refractivity contribution in [1.29, 1.82) is 0 Å². The van der Waals surface area contributed by atoms with Crippen LogP contribution < -0.4 is 10.5 Å². The van der Waals surface area contributed by atoms with Crippen molar-refractivity contribution in [3.63, 3.8) is 0 Å². The quantitative estimate of drug-likeness (QED) is 0.905. The van der Waals surface area contributed by atoms with Crippen molar-refractivity contribution in [2.75, 3.05) is 7.11 Å². The number of hydrogen-bond acceptors (Lipinski definition) is 3. The smallest absolute Gasteiger partial charge is 0.119 e. The standard InChI is InChI=1S/C15H17NOS/c1-11(16)14-8-3-4-9-15(14)18-13-7-5-6-12(10-13)17-2/h3-11H,16H2,1-2H3/t11-/m1/s1. The highest BCUT2D eigenvalue weighted by Crippen LogP contribution is 2.33. The van der Waals surface area contributed by atoms with Gasteiger partial charge in [-0.25, -0.2) is 0 Å². The average Bonchev–Trinajstić information content (AvgIpc) is 2.39. The van der Waals surface area contributed by atoms with E-state index in [1.54, 1.807) is 18.9 Å². The third-order valence-electron chi connectivity index (χ3n) is 2.68. The van der Waals surface area contributed by atoms with Gasteiger partial charge in [0.1, 0.15) is 5.75 Å². The highest BCUT2D eigenvalue weighted by atomic mass is 32.2. The van der Waals surface area contributed by atoms with Crippen LogP contribution in [-0.4, -0.2) is 7.11 Å². The molecule has 0 aliphatic carbocycles. The zero-order valence-electron chi connectivity index (χ0n) is 10.6. The molecule has 2 aromatic carbocycles. The van der Waals surface area contributed by atoms with E-state index in [2.05, 4.69) is 18.2 Å². The third-order valence-corrected chi connectivity index (χ3v) is 3.76. The van der Waals surface area contributed by atoms with Crippen LogP contribution in [0.3, 0.4) is 0 Å². The number of benzene rings is 2. The van der Waals surface area contributed by atoms with Gasteiger partial charge < -0.3 is 10.5 Å². The van der Waals surface area contributed by atoms with Crippen molar-refractivity contribution in [1.82, 2.24) is 0 Å². The minimum Gasteiger partial charge on any atom is -0.497 e. The minimum absolute atomic E-state index is 0.0410. The Morgan fingerprint density at radius 3 is 2.61 bits per heavy atom. The summed E-state index contributed by atoms with van der Waals surface area (Å²) in [7, 11) is 1.68. The maximum atomic E-state index is 5.99. The highest BCUT2D eigenvalue weighted by Gasteiger charge is 2.07. The summed E-state index contributed by atoms with van der Waals surface area (Å²) < 4.78 is 5.23. The van der Waals surface area contributed by atoms with E-state index in [0.29, 0.717) is 0 Å². The highest BCUT2D eigenvalue weighted by molar-refractivity contribution is 7.99. The molecule has 0 spiro atoms. The van der Waals surface area contributed by atoms with Gasteiger partial charge in [0.15, 0.2) is 0 Å². The van der Waals surface area contributed by atoms with Gasteiger partial charge in [0, 0.05) is 15.8 Å². The monoisotopic (exact) mass is 259 g/mol. The molecule has 0 saturated heterocycles. The summed E-state index contributed by atoms with van der Waals surface area (Å²) >= 11 is 1.71. The maximum Gasteiger partial charge on any atom is 0.119 e. The van der Waals surface area contributed by atoms with Gasteiger partial charge in [-0.1, -0.05) is 36.0 Å². The van der Waals surface area contributed by atoms with Crippen LogP contribution in [0.25, 0.3) is 0 Å². The SMILES string of the molecule is COc1cccc(Sc2ccccc2[C@@H](C)N)c1. The first-order valence-electron chi connectivity index (χ1n) is 5.87. The van der Waals surface area contributed by atoms with E-state index in [9.17, 15) is 0 Å². The van der Waals surface area contributed by atoms with Crippen molar-refractivity contribution >= 4 is 11.8 Å². The molecule has 3 heteroatoms. The molecule has 2 N–H and O–H groups in total. The van der Waals surface area contributed by atoms with E-state index in [0.717, 1.165) is 10.6 Å². The van der Waals surface area contributed by atoms with Crippen LogP contribution in [0, 0.1) is 0 Å². The average molecular weight is 259 g/mol. The summed E-state index contributed by atoms with van der Waals surface area (Å²) in [5.41, 5.74) is 7.16. The zero-order chi connectivity index (χ0) is 13.0. The lowest BCUT2D eigenvalue weighted by atomic mass is 10.1. The summed E-state index contributed by atoms with van der Waals surface area (Å²) in [5, 5.41) is 0. The second-order valence-electron chi connectivity index (χ2n) is 4.11. The molecule has 0 bridgehead atoms. The molecule has 2 nitrogen and oxygen atoms in total. The molecule has 0 unspecified atom stereocenters. The Bertz CT molecular complexity index is 525. The van der Waals surface area contributed by atoms with Gasteiger partial charge in [0.25, 0.3) is 0 Å². The van der Waals surface area contributed by atoms with E-state index < -0.39 is 0 Å². The van der Waals surface area contributed by atoms with Crippen LogP contribution in [-0.2, 0) is 0 Å². The molecule has 2 aromatic rings. The van der Waals surface area contributed by atoms with E-state index in [4.69, 9.17) is 10.5 Å². The summed E-state index contributed by atoms with van der Waals surface area (Å²) in [6, 6.07) is 16.3. The van der Waals surface area contributed by atoms with Gasteiger partial charge in [-0.05, 0) is 36.8 Å². The molecular weight excluding hydrogens is 242 g/mol. The lowest BCUT2D eigenvalue weighted by Crippen LogP contribution is -2.05. The van der Waals surface area contributed by atoms with E-state index >= 15 is 0 Å². The number of nitrogens with two attached hydrogens (primary N) is 1. The molecule has 0 fully saturated rings. The third kappa shape index (κ3) is 3.06. The predicted molar refractivity (Wildman–Crippen MR) is 76.2 cm³/mol. The fourth-order valence-corrected chi connectivity index (χ4v) is 2.84. The predicted octanol–water partition coefficient (Wildman–Crippen LogP) is 3.87. The first kappa shape index (κ1) is 13.0. The normalized spacial score (nSPS) is 12.2. The minimum atomic E-state index is 0.0410. The first-order chi connectivity index (χ1) is 8.70. The van der Waals surface area contributed by atoms with E-state index in [1.807, 2.05) is 37.3 Å². The van der Waals surface area contributed by atoms with Crippen molar-refractivity contribution in [2.45, 2.75) is 22.8 Å². The number of ether oxygens (including phenoxy) is 1. The van der Waals surface area contributed by atoms with Gasteiger partial charge in [-0.2, -0.15) is 0 Å². The maximum absolute atomic E-state index is 5.99. The van der Waals surface area contributed by atoms with Crippen molar-refractivity contribution in [3.8, 4) is 5.75 Å². The second-order valence-corrected chi connectivity index (χ2v) is 5.22. The van der Waals surface area contributed by atoms with Crippen LogP contribution in [0.1, 0.15) is 18.5 Å². The molecule has 0 saturated carbocycles. The summed E-state index contributed by atoms with van der Waals surface area (Å²) in [4.78, 5) is 2.35. The molecule has 94 valence electrons. The topological polar surface area (TPSA) is 35.2 Å². The lowest BCUT2D eigenvalue weighted by molar-refractivity contribution is 0.413. The molecule has 0 heterocycles. The fourth-order valence-electron chi connectivity index (χ4n) is 1.74. The molecule has 1 atom stereocenters. The number of methoxy groups -OCH3 is 1. The van der Waals surface area contributed by atoms with Crippen LogP contribution in [0.4, 0.5) is 0 Å². The van der Waals surface area contributed by atoms with Crippen LogP contribution in [0.15, 0.2) is 58.3 Å². The Morgan fingerprint density at radius 1 is 1.11 bits per heavy atom. The first-order valence-corrected chi connectivity index (χ1v) is 6.69. The van der Waals surface area contributed by atoms with Crippen molar-refractivity contribution in [3.05, 3.63) is 54.1 Å². The Balaban J connectivity index is 2.28. The van der Waals surface area contributed by atoms with Crippen molar-refractivity contribution < 1.29 is 4.74 Å². The summed E-state index contributed by atoms with van der Waals surface area (Å²) in [5.74, 6) is 0.873. The molecule has 0 radical (unpaired) electrons.